The van der Waals surface area contributed by atoms with Crippen LogP contribution in [0.4, 0.5) is 14.6 Å². The van der Waals surface area contributed by atoms with Crippen LogP contribution in [-0.4, -0.2) is 81.2 Å². The van der Waals surface area contributed by atoms with Crippen molar-refractivity contribution in [2.24, 2.45) is 0 Å². The van der Waals surface area contributed by atoms with Crippen molar-refractivity contribution < 1.29 is 23.4 Å². The van der Waals surface area contributed by atoms with Crippen molar-refractivity contribution in [2.45, 2.75) is 62.6 Å². The van der Waals surface area contributed by atoms with E-state index >= 15 is 8.78 Å². The molecule has 4 saturated heterocycles. The van der Waals surface area contributed by atoms with Gasteiger partial charge in [0.15, 0.2) is 5.82 Å². The summed E-state index contributed by atoms with van der Waals surface area (Å²) in [6, 6.07) is 12.6. The predicted molar refractivity (Wildman–Crippen MR) is 168 cm³/mol. The molecule has 5 heterocycles. The molecule has 2 atom stereocenters. The van der Waals surface area contributed by atoms with E-state index in [0.717, 1.165) is 51.6 Å². The van der Waals surface area contributed by atoms with Gasteiger partial charge in [-0.1, -0.05) is 18.2 Å². The summed E-state index contributed by atoms with van der Waals surface area (Å²) in [5, 5.41) is 20.8. The Bertz CT molecular complexity index is 1900. The van der Waals surface area contributed by atoms with Gasteiger partial charge >= 0.3 is 6.01 Å². The van der Waals surface area contributed by atoms with Crippen LogP contribution in [0.25, 0.3) is 32.8 Å². The molecule has 0 saturated carbocycles. The number of aromatic nitrogens is 2. The monoisotopic (exact) mass is 624 g/mol. The largest absolute Gasteiger partial charge is 0.508 e. The van der Waals surface area contributed by atoms with Crippen LogP contribution in [0.3, 0.4) is 0 Å². The van der Waals surface area contributed by atoms with Gasteiger partial charge in [0.2, 0.25) is 5.91 Å². The predicted octanol–water partition coefficient (Wildman–Crippen LogP) is 5.53. The lowest BCUT2D eigenvalue weighted by Crippen LogP contribution is -2.56. The van der Waals surface area contributed by atoms with Crippen molar-refractivity contribution in [3.63, 3.8) is 0 Å². The van der Waals surface area contributed by atoms with Gasteiger partial charge in [-0.2, -0.15) is 15.2 Å². The summed E-state index contributed by atoms with van der Waals surface area (Å²) in [4.78, 5) is 28.7. The fraction of sp³-hybridized carbons (Fsp3) is 0.429. The number of anilines is 1. The number of benzene rings is 3. The summed E-state index contributed by atoms with van der Waals surface area (Å²) in [6.45, 7) is 3.46. The SMILES string of the molecule is N#CCC(=O)N1[C@@H]2CC[C@H]1CN(c1nc(OCC34CCCN3CCC4)nc3c(F)c(-c4cc(O)cc5cccc(F)c45)ccc13)C2. The molecule has 11 heteroatoms. The highest BCUT2D eigenvalue weighted by atomic mass is 19.1. The molecule has 4 fully saturated rings. The van der Waals surface area contributed by atoms with Crippen molar-refractivity contribution in [1.29, 1.82) is 5.26 Å². The van der Waals surface area contributed by atoms with Gasteiger partial charge in [0.1, 0.15) is 35.9 Å². The van der Waals surface area contributed by atoms with E-state index in [-0.39, 0.29) is 63.7 Å². The second-order valence-electron chi connectivity index (χ2n) is 13.1. The molecule has 0 unspecified atom stereocenters. The van der Waals surface area contributed by atoms with Crippen LogP contribution < -0.4 is 9.64 Å². The maximum Gasteiger partial charge on any atom is 0.319 e. The number of ether oxygens (including phenoxy) is 1. The summed E-state index contributed by atoms with van der Waals surface area (Å²) < 4.78 is 38.3. The summed E-state index contributed by atoms with van der Waals surface area (Å²) in [7, 11) is 0. The topological polar surface area (TPSA) is 106 Å². The first-order chi connectivity index (χ1) is 22.3. The van der Waals surface area contributed by atoms with E-state index in [4.69, 9.17) is 15.0 Å². The molecule has 236 valence electrons. The van der Waals surface area contributed by atoms with Crippen LogP contribution in [0.1, 0.15) is 44.9 Å². The number of fused-ring (bicyclic) bond motifs is 5. The van der Waals surface area contributed by atoms with Gasteiger partial charge in [-0.15, -0.1) is 0 Å². The van der Waals surface area contributed by atoms with E-state index in [1.54, 1.807) is 24.3 Å². The number of aromatic hydroxyl groups is 1. The Labute approximate surface area is 265 Å². The van der Waals surface area contributed by atoms with Crippen LogP contribution in [-0.2, 0) is 4.79 Å². The van der Waals surface area contributed by atoms with Gasteiger partial charge in [-0.25, -0.2) is 8.78 Å². The van der Waals surface area contributed by atoms with Gasteiger partial charge in [-0.05, 0) is 86.8 Å². The molecule has 4 aliphatic rings. The van der Waals surface area contributed by atoms with Crippen LogP contribution in [0.2, 0.25) is 0 Å². The summed E-state index contributed by atoms with van der Waals surface area (Å²) in [6.07, 6.45) is 5.76. The zero-order valence-corrected chi connectivity index (χ0v) is 25.4. The molecule has 1 aromatic heterocycles. The van der Waals surface area contributed by atoms with E-state index in [0.29, 0.717) is 36.3 Å². The normalized spacial score (nSPS) is 22.0. The number of amides is 1. The van der Waals surface area contributed by atoms with Crippen LogP contribution in [0.15, 0.2) is 42.5 Å². The number of nitriles is 1. The van der Waals surface area contributed by atoms with Gasteiger partial charge in [0.05, 0.1) is 11.6 Å². The van der Waals surface area contributed by atoms with Crippen molar-refractivity contribution in [2.75, 3.05) is 37.7 Å². The molecule has 0 spiro atoms. The minimum atomic E-state index is -0.659. The van der Waals surface area contributed by atoms with Crippen molar-refractivity contribution >= 4 is 33.4 Å². The Kier molecular flexibility index (Phi) is 6.94. The van der Waals surface area contributed by atoms with E-state index in [1.165, 1.54) is 18.2 Å². The van der Waals surface area contributed by atoms with Crippen LogP contribution in [0, 0.1) is 23.0 Å². The fourth-order valence-electron chi connectivity index (χ4n) is 8.52. The molecule has 2 bridgehead atoms. The third-order valence-electron chi connectivity index (χ3n) is 10.5. The molecule has 1 amide bonds. The zero-order valence-electron chi connectivity index (χ0n) is 25.4. The molecule has 9 nitrogen and oxygen atoms in total. The Morgan fingerprint density at radius 2 is 1.80 bits per heavy atom. The number of hydrogen-bond acceptors (Lipinski definition) is 8. The number of carbonyl (C=O) groups is 1. The molecular formula is C35H34F2N6O3. The standard InChI is InChI=1S/C35H34F2N6O3/c36-28-5-1-4-21-16-24(44)17-27(30(21)28)25-8-9-26-32(31(25)37)39-34(46-20-35-11-2-14-42(35)15-3-12-35)40-33(26)41-18-22-6-7-23(19-41)43(22)29(45)10-13-38/h1,4-5,8-9,16-17,22-23,44H,2-3,6-7,10-12,14-15,18-20H2/t22-,23+. The number of piperazine rings is 1. The highest BCUT2D eigenvalue weighted by molar-refractivity contribution is 6.01. The maximum absolute atomic E-state index is 16.8. The third kappa shape index (κ3) is 4.61. The molecule has 0 radical (unpaired) electrons. The zero-order chi connectivity index (χ0) is 31.6. The first kappa shape index (κ1) is 28.9. The first-order valence-corrected chi connectivity index (χ1v) is 16.1. The average Bonchev–Trinajstić information content (AvgIpc) is 3.70. The number of phenols is 1. The lowest BCUT2D eigenvalue weighted by molar-refractivity contribution is -0.133. The number of carbonyl (C=O) groups excluding carboxylic acids is 1. The van der Waals surface area contributed by atoms with Gasteiger partial charge < -0.3 is 19.6 Å². The van der Waals surface area contributed by atoms with Crippen molar-refractivity contribution in [3.8, 4) is 29.0 Å². The second-order valence-corrected chi connectivity index (χ2v) is 13.1. The fourth-order valence-corrected chi connectivity index (χ4v) is 8.52. The van der Waals surface area contributed by atoms with E-state index in [2.05, 4.69) is 14.8 Å². The Morgan fingerprint density at radius 3 is 2.54 bits per heavy atom. The van der Waals surface area contributed by atoms with Gasteiger partial charge in [-0.3, -0.25) is 9.69 Å². The molecule has 46 heavy (non-hydrogen) atoms. The number of phenolic OH excluding ortho intramolecular Hbond substituents is 1. The number of hydrogen-bond donors (Lipinski definition) is 1. The number of nitrogens with zero attached hydrogens (tertiary/aromatic N) is 6. The minimum absolute atomic E-state index is 0.0489. The molecule has 1 N–H and O–H groups in total. The summed E-state index contributed by atoms with van der Waals surface area (Å²) in [5.74, 6) is -0.918. The molecule has 3 aromatic carbocycles. The van der Waals surface area contributed by atoms with E-state index in [9.17, 15) is 9.90 Å². The molecule has 0 aliphatic carbocycles. The second kappa shape index (κ2) is 11.1. The van der Waals surface area contributed by atoms with Gasteiger partial charge in [0.25, 0.3) is 0 Å². The summed E-state index contributed by atoms with van der Waals surface area (Å²) in [5.41, 5.74) is 0.317. The van der Waals surface area contributed by atoms with E-state index in [1.807, 2.05) is 11.0 Å². The number of halogens is 2. The number of rotatable bonds is 6. The lowest BCUT2D eigenvalue weighted by atomic mass is 9.95. The van der Waals surface area contributed by atoms with Crippen molar-refractivity contribution in [1.82, 2.24) is 19.8 Å². The van der Waals surface area contributed by atoms with Crippen molar-refractivity contribution in [3.05, 3.63) is 54.1 Å². The summed E-state index contributed by atoms with van der Waals surface area (Å²) >= 11 is 0. The Balaban J connectivity index is 1.23. The molecular weight excluding hydrogens is 590 g/mol. The highest BCUT2D eigenvalue weighted by Crippen LogP contribution is 2.42. The van der Waals surface area contributed by atoms with E-state index < -0.39 is 11.6 Å². The first-order valence-electron chi connectivity index (χ1n) is 16.1. The highest BCUT2D eigenvalue weighted by Gasteiger charge is 2.46. The lowest BCUT2D eigenvalue weighted by Gasteiger charge is -2.41. The quantitative estimate of drug-likeness (QED) is 0.299. The van der Waals surface area contributed by atoms with Crippen LogP contribution >= 0.6 is 0 Å². The third-order valence-corrected chi connectivity index (χ3v) is 10.5. The minimum Gasteiger partial charge on any atom is -0.508 e. The Morgan fingerprint density at radius 1 is 1.04 bits per heavy atom. The molecule has 8 rings (SSSR count). The maximum atomic E-state index is 16.8. The molecule has 4 aliphatic heterocycles. The molecule has 4 aromatic rings. The van der Waals surface area contributed by atoms with Crippen LogP contribution in [0.5, 0.6) is 11.8 Å². The Hall–Kier alpha value is -4.56. The average molecular weight is 625 g/mol. The smallest absolute Gasteiger partial charge is 0.319 e. The van der Waals surface area contributed by atoms with Gasteiger partial charge in [0, 0.05) is 41.5 Å².